The molecule has 1 unspecified atom stereocenters. The van der Waals surface area contributed by atoms with E-state index >= 15 is 0 Å². The molecule has 1 aromatic heterocycles. The number of carbonyl (C=O) groups excluding carboxylic acids is 1. The maximum absolute atomic E-state index is 12.0. The van der Waals surface area contributed by atoms with Gasteiger partial charge < -0.3 is 9.84 Å². The number of aryl methyl sites for hydroxylation is 2. The number of aromatic nitrogens is 2. The van der Waals surface area contributed by atoms with Crippen LogP contribution in [0.4, 0.5) is 4.79 Å². The molecule has 2 amide bonds. The van der Waals surface area contributed by atoms with Crippen molar-refractivity contribution in [2.24, 2.45) is 13.0 Å². The lowest BCUT2D eigenvalue weighted by molar-refractivity contribution is -0.123. The van der Waals surface area contributed by atoms with E-state index < -0.39 is 17.9 Å². The third kappa shape index (κ3) is 5.69. The predicted octanol–water partition coefficient (Wildman–Crippen LogP) is 6.61. The highest BCUT2D eigenvalue weighted by atomic mass is 35.5. The second-order valence-electron chi connectivity index (χ2n) is 8.86. The molecule has 0 aliphatic rings. The third-order valence-corrected chi connectivity index (χ3v) is 6.25. The molecule has 0 aliphatic heterocycles. The number of nitrogens with zero attached hydrogens (tertiary/aromatic N) is 2. The number of halogens is 1. The largest absolute Gasteiger partial charge is 0.465 e. The number of amides is 2. The maximum atomic E-state index is 12.0. The summed E-state index contributed by atoms with van der Waals surface area (Å²) in [7, 11) is 1.91. The van der Waals surface area contributed by atoms with Crippen LogP contribution in [0.5, 0.6) is 11.5 Å². The van der Waals surface area contributed by atoms with Gasteiger partial charge in [0.2, 0.25) is 5.91 Å². The Morgan fingerprint density at radius 3 is 2.69 bits per heavy atom. The lowest BCUT2D eigenvalue weighted by Crippen LogP contribution is -2.34. The summed E-state index contributed by atoms with van der Waals surface area (Å²) < 4.78 is 8.11. The maximum Gasteiger partial charge on any atom is 0.411 e. The number of rotatable bonds is 8. The molecule has 186 valence electrons. The number of nitrogens with one attached hydrogen (secondary N) is 1. The first-order chi connectivity index (χ1) is 17.2. The van der Waals surface area contributed by atoms with Crippen LogP contribution < -0.4 is 10.1 Å². The molecular formula is C28H28ClN3O4. The fourth-order valence-electron chi connectivity index (χ4n) is 4.27. The summed E-state index contributed by atoms with van der Waals surface area (Å²) in [4.78, 5) is 22.7. The number of hydrogen-bond acceptors (Lipinski definition) is 4. The van der Waals surface area contributed by atoms with E-state index in [-0.39, 0.29) is 0 Å². The monoisotopic (exact) mass is 505 g/mol. The molecule has 4 aromatic rings. The molecular weight excluding hydrogens is 478 g/mol. The van der Waals surface area contributed by atoms with E-state index in [4.69, 9.17) is 26.5 Å². The molecule has 0 saturated heterocycles. The number of ether oxygens (including phenoxy) is 1. The van der Waals surface area contributed by atoms with Gasteiger partial charge in [-0.3, -0.25) is 14.8 Å². The van der Waals surface area contributed by atoms with E-state index in [1.165, 1.54) is 0 Å². The summed E-state index contributed by atoms with van der Waals surface area (Å²) in [6, 6.07) is 19.4. The second-order valence-corrected chi connectivity index (χ2v) is 9.29. The molecule has 0 fully saturated rings. The fourth-order valence-corrected chi connectivity index (χ4v) is 4.44. The summed E-state index contributed by atoms with van der Waals surface area (Å²) in [5, 5.41) is 17.1. The Morgan fingerprint density at radius 2 is 1.94 bits per heavy atom. The van der Waals surface area contributed by atoms with Crippen molar-refractivity contribution >= 4 is 34.5 Å². The van der Waals surface area contributed by atoms with Crippen molar-refractivity contribution in [1.29, 1.82) is 0 Å². The predicted molar refractivity (Wildman–Crippen MR) is 141 cm³/mol. The van der Waals surface area contributed by atoms with Crippen molar-refractivity contribution in [3.05, 3.63) is 76.8 Å². The van der Waals surface area contributed by atoms with Gasteiger partial charge in [-0.1, -0.05) is 44.0 Å². The molecule has 4 rings (SSSR count). The summed E-state index contributed by atoms with van der Waals surface area (Å²) in [6.07, 6.45) is 0.840. The molecule has 36 heavy (non-hydrogen) atoms. The number of carbonyl (C=O) groups is 2. The summed E-state index contributed by atoms with van der Waals surface area (Å²) in [5.41, 5.74) is 4.82. The van der Waals surface area contributed by atoms with Crippen molar-refractivity contribution in [3.8, 4) is 22.8 Å². The average Bonchev–Trinajstić information content (AvgIpc) is 3.15. The minimum absolute atomic E-state index is 0.397. The fraction of sp³-hybridized carbons (Fsp3) is 0.250. The molecule has 0 spiro atoms. The molecule has 0 saturated carbocycles. The minimum atomic E-state index is -1.35. The number of hydrogen-bond donors (Lipinski definition) is 2. The van der Waals surface area contributed by atoms with E-state index in [0.29, 0.717) is 17.2 Å². The van der Waals surface area contributed by atoms with Crippen molar-refractivity contribution in [1.82, 2.24) is 15.1 Å². The van der Waals surface area contributed by atoms with Crippen LogP contribution in [-0.4, -0.2) is 26.9 Å². The van der Waals surface area contributed by atoms with E-state index in [0.717, 1.165) is 51.9 Å². The van der Waals surface area contributed by atoms with Crippen LogP contribution >= 0.6 is 11.6 Å². The van der Waals surface area contributed by atoms with Gasteiger partial charge in [-0.15, -0.1) is 0 Å². The zero-order valence-corrected chi connectivity index (χ0v) is 21.2. The molecule has 7 nitrogen and oxygen atoms in total. The van der Waals surface area contributed by atoms with Crippen LogP contribution in [0.2, 0.25) is 5.02 Å². The Kier molecular flexibility index (Phi) is 7.60. The van der Waals surface area contributed by atoms with Gasteiger partial charge in [0.1, 0.15) is 17.2 Å². The number of benzene rings is 3. The number of carboxylic acid groups (broad SMARTS) is 1. The smallest absolute Gasteiger partial charge is 0.411 e. The number of imide groups is 1. The quantitative estimate of drug-likeness (QED) is 0.281. The Labute approximate surface area is 214 Å². The van der Waals surface area contributed by atoms with E-state index in [1.54, 1.807) is 6.92 Å². The molecule has 0 aliphatic carbocycles. The van der Waals surface area contributed by atoms with Crippen molar-refractivity contribution < 1.29 is 19.4 Å². The van der Waals surface area contributed by atoms with Gasteiger partial charge in [-0.05, 0) is 72.5 Å². The van der Waals surface area contributed by atoms with Gasteiger partial charge in [-0.25, -0.2) is 4.79 Å². The van der Waals surface area contributed by atoms with Crippen LogP contribution in [0.15, 0.2) is 60.7 Å². The standard InChI is InChI=1S/C28H28ClN3O4/c1-4-6-19-15-20(26-23-11-10-21(29)16-24(23)32(3)31-26)9-12-25(19)36-22-8-5-7-18(14-22)13-17(2)27(33)30-28(34)35/h5,7-12,14-17H,4,6,13H2,1-3H3,(H,30,33)(H,34,35). The summed E-state index contributed by atoms with van der Waals surface area (Å²) >= 11 is 6.18. The summed E-state index contributed by atoms with van der Waals surface area (Å²) in [5.74, 6) is 0.396. The van der Waals surface area contributed by atoms with Crippen LogP contribution in [0.1, 0.15) is 31.4 Å². The highest BCUT2D eigenvalue weighted by Crippen LogP contribution is 2.34. The number of fused-ring (bicyclic) bond motifs is 1. The molecule has 1 heterocycles. The van der Waals surface area contributed by atoms with Crippen molar-refractivity contribution in [3.63, 3.8) is 0 Å². The highest BCUT2D eigenvalue weighted by Gasteiger charge is 2.17. The van der Waals surface area contributed by atoms with E-state index in [9.17, 15) is 9.59 Å². The lowest BCUT2D eigenvalue weighted by atomic mass is 10.00. The van der Waals surface area contributed by atoms with Gasteiger partial charge in [-0.2, -0.15) is 5.10 Å². The van der Waals surface area contributed by atoms with Gasteiger partial charge in [0.15, 0.2) is 0 Å². The zero-order valence-electron chi connectivity index (χ0n) is 20.4. The van der Waals surface area contributed by atoms with Crippen LogP contribution in [-0.2, 0) is 24.7 Å². The second kappa shape index (κ2) is 10.8. The van der Waals surface area contributed by atoms with E-state index in [2.05, 4.69) is 13.0 Å². The minimum Gasteiger partial charge on any atom is -0.465 e. The Balaban J connectivity index is 1.59. The third-order valence-electron chi connectivity index (χ3n) is 6.01. The Hall–Kier alpha value is -3.84. The van der Waals surface area contributed by atoms with Gasteiger partial charge in [0.05, 0.1) is 5.52 Å². The zero-order chi connectivity index (χ0) is 25.8. The highest BCUT2D eigenvalue weighted by molar-refractivity contribution is 6.31. The van der Waals surface area contributed by atoms with Gasteiger partial charge >= 0.3 is 6.09 Å². The molecule has 2 N–H and O–H groups in total. The molecule has 1 atom stereocenters. The molecule has 0 bridgehead atoms. The molecule has 8 heteroatoms. The first-order valence-corrected chi connectivity index (χ1v) is 12.2. The topological polar surface area (TPSA) is 93.5 Å². The molecule has 0 radical (unpaired) electrons. The lowest BCUT2D eigenvalue weighted by Gasteiger charge is -2.14. The van der Waals surface area contributed by atoms with Crippen LogP contribution in [0, 0.1) is 5.92 Å². The van der Waals surface area contributed by atoms with Crippen molar-refractivity contribution in [2.75, 3.05) is 0 Å². The first-order valence-electron chi connectivity index (χ1n) is 11.8. The Morgan fingerprint density at radius 1 is 1.14 bits per heavy atom. The van der Waals surface area contributed by atoms with Crippen LogP contribution in [0.25, 0.3) is 22.2 Å². The van der Waals surface area contributed by atoms with E-state index in [1.807, 2.05) is 71.6 Å². The van der Waals surface area contributed by atoms with Gasteiger partial charge in [0, 0.05) is 28.9 Å². The first kappa shape index (κ1) is 25.3. The summed E-state index contributed by atoms with van der Waals surface area (Å²) in [6.45, 7) is 3.82. The Bertz CT molecular complexity index is 1430. The van der Waals surface area contributed by atoms with Crippen molar-refractivity contribution in [2.45, 2.75) is 33.1 Å². The average molecular weight is 506 g/mol. The molecule has 3 aromatic carbocycles. The van der Waals surface area contributed by atoms with Crippen LogP contribution in [0.3, 0.4) is 0 Å². The normalized spacial score (nSPS) is 11.9. The van der Waals surface area contributed by atoms with Gasteiger partial charge in [0.25, 0.3) is 0 Å². The SMILES string of the molecule is CCCc1cc(-c2nn(C)c3cc(Cl)ccc23)ccc1Oc1cccc(CC(C)C(=O)NC(=O)O)c1.